The number of hydrogen-bond donors (Lipinski definition) is 0. The number of aromatic nitrogens is 2. The molecule has 2 aromatic rings. The summed E-state index contributed by atoms with van der Waals surface area (Å²) in [5.41, 5.74) is 2.46. The zero-order valence-electron chi connectivity index (χ0n) is 8.70. The molecule has 2 nitrogen and oxygen atoms in total. The van der Waals surface area contributed by atoms with Gasteiger partial charge in [-0.2, -0.15) is 0 Å². The van der Waals surface area contributed by atoms with E-state index in [0.717, 1.165) is 5.82 Å². The first kappa shape index (κ1) is 9.78. The molecular formula is C11H16N2. The van der Waals surface area contributed by atoms with Crippen molar-refractivity contribution in [2.75, 3.05) is 0 Å². The molecule has 0 aromatic carbocycles. The van der Waals surface area contributed by atoms with Crippen LogP contribution in [0.25, 0.3) is 5.52 Å². The average Bonchev–Trinajstić information content (AvgIpc) is 2.53. The van der Waals surface area contributed by atoms with Crippen LogP contribution in [-0.4, -0.2) is 9.38 Å². The molecule has 0 aliphatic rings. The molecule has 2 rings (SSSR count). The topological polar surface area (TPSA) is 17.3 Å². The van der Waals surface area contributed by atoms with E-state index < -0.39 is 0 Å². The van der Waals surface area contributed by atoms with Crippen LogP contribution in [0, 0.1) is 13.8 Å². The van der Waals surface area contributed by atoms with Crippen LogP contribution in [0.2, 0.25) is 0 Å². The molecule has 0 aliphatic carbocycles. The molecule has 0 atom stereocenters. The van der Waals surface area contributed by atoms with Gasteiger partial charge < -0.3 is 4.40 Å². The Balaban J connectivity index is 0.000000396. The molecule has 0 saturated heterocycles. The first-order valence-electron chi connectivity index (χ1n) is 4.69. The van der Waals surface area contributed by atoms with E-state index in [2.05, 4.69) is 28.4 Å². The molecule has 0 bridgehead atoms. The summed E-state index contributed by atoms with van der Waals surface area (Å²) < 4.78 is 2.14. The summed E-state index contributed by atoms with van der Waals surface area (Å²) in [6.07, 6.45) is 1.84. The standard InChI is InChI=1S/C9H10N2.C2H6/c1-7-3-4-9-5-6-10-8(2)11(7)9;1-2/h3-6H,1-2H3;1-2H3. The summed E-state index contributed by atoms with van der Waals surface area (Å²) in [4.78, 5) is 4.20. The SMILES string of the molecule is CC.Cc1ccc2ccnc(C)n12. The lowest BCUT2D eigenvalue weighted by atomic mass is 10.5. The predicted molar refractivity (Wildman–Crippen MR) is 56.0 cm³/mol. The highest BCUT2D eigenvalue weighted by molar-refractivity contribution is 5.49. The highest BCUT2D eigenvalue weighted by Gasteiger charge is 1.97. The normalized spacial score (nSPS) is 9.54. The molecule has 13 heavy (non-hydrogen) atoms. The minimum Gasteiger partial charge on any atom is -0.303 e. The van der Waals surface area contributed by atoms with Crippen molar-refractivity contribution >= 4 is 5.52 Å². The lowest BCUT2D eigenvalue weighted by Crippen LogP contribution is -1.94. The van der Waals surface area contributed by atoms with Gasteiger partial charge in [0.2, 0.25) is 0 Å². The maximum atomic E-state index is 4.20. The second-order valence-corrected chi connectivity index (χ2v) is 2.73. The number of nitrogens with zero attached hydrogens (tertiary/aromatic N) is 2. The van der Waals surface area contributed by atoms with Crippen LogP contribution < -0.4 is 0 Å². The molecule has 0 radical (unpaired) electrons. The van der Waals surface area contributed by atoms with Crippen LogP contribution in [0.15, 0.2) is 24.4 Å². The summed E-state index contributed by atoms with van der Waals surface area (Å²) in [5, 5.41) is 0. The van der Waals surface area contributed by atoms with Crippen LogP contribution in [0.4, 0.5) is 0 Å². The second-order valence-electron chi connectivity index (χ2n) is 2.73. The van der Waals surface area contributed by atoms with Crippen LogP contribution in [0.5, 0.6) is 0 Å². The van der Waals surface area contributed by atoms with E-state index >= 15 is 0 Å². The molecule has 0 saturated carbocycles. The summed E-state index contributed by atoms with van der Waals surface area (Å²) in [7, 11) is 0. The van der Waals surface area contributed by atoms with E-state index in [1.165, 1.54) is 11.2 Å². The van der Waals surface area contributed by atoms with Crippen molar-refractivity contribution in [3.05, 3.63) is 35.9 Å². The van der Waals surface area contributed by atoms with Crippen molar-refractivity contribution in [2.45, 2.75) is 27.7 Å². The molecule has 0 aliphatic heterocycles. The highest BCUT2D eigenvalue weighted by atomic mass is 15.0. The van der Waals surface area contributed by atoms with Gasteiger partial charge in [-0.1, -0.05) is 13.8 Å². The Kier molecular flexibility index (Phi) is 3.07. The largest absolute Gasteiger partial charge is 0.303 e. The Hall–Kier alpha value is -1.31. The summed E-state index contributed by atoms with van der Waals surface area (Å²) >= 11 is 0. The first-order valence-corrected chi connectivity index (χ1v) is 4.69. The Morgan fingerprint density at radius 1 is 1.08 bits per heavy atom. The number of rotatable bonds is 0. The molecule has 0 amide bonds. The van der Waals surface area contributed by atoms with E-state index in [4.69, 9.17) is 0 Å². The molecule has 2 heterocycles. The Labute approximate surface area is 79.2 Å². The van der Waals surface area contributed by atoms with Crippen molar-refractivity contribution in [3.8, 4) is 0 Å². The number of hydrogen-bond acceptors (Lipinski definition) is 1. The zero-order valence-corrected chi connectivity index (χ0v) is 8.70. The number of fused-ring (bicyclic) bond motifs is 1. The van der Waals surface area contributed by atoms with Crippen molar-refractivity contribution in [2.24, 2.45) is 0 Å². The molecule has 0 fully saturated rings. The first-order chi connectivity index (χ1) is 6.29. The fourth-order valence-corrected chi connectivity index (χ4v) is 1.41. The predicted octanol–water partition coefficient (Wildman–Crippen LogP) is 2.98. The lowest BCUT2D eigenvalue weighted by Gasteiger charge is -2.00. The van der Waals surface area contributed by atoms with Crippen LogP contribution >= 0.6 is 0 Å². The van der Waals surface area contributed by atoms with E-state index in [1.54, 1.807) is 0 Å². The van der Waals surface area contributed by atoms with Gasteiger partial charge in [-0.25, -0.2) is 4.98 Å². The fraction of sp³-hybridized carbons (Fsp3) is 0.364. The third-order valence-corrected chi connectivity index (χ3v) is 1.94. The Morgan fingerprint density at radius 2 is 1.77 bits per heavy atom. The van der Waals surface area contributed by atoms with E-state index in [-0.39, 0.29) is 0 Å². The number of aryl methyl sites for hydroxylation is 2. The Bertz CT molecular complexity index is 388. The maximum absolute atomic E-state index is 4.20. The molecule has 70 valence electrons. The van der Waals surface area contributed by atoms with E-state index in [9.17, 15) is 0 Å². The van der Waals surface area contributed by atoms with Crippen molar-refractivity contribution in [1.82, 2.24) is 9.38 Å². The third-order valence-electron chi connectivity index (χ3n) is 1.94. The third kappa shape index (κ3) is 1.72. The van der Waals surface area contributed by atoms with E-state index in [1.807, 2.05) is 33.0 Å². The van der Waals surface area contributed by atoms with Crippen LogP contribution in [0.1, 0.15) is 25.4 Å². The molecule has 2 aromatic heterocycles. The molecule has 0 N–H and O–H groups in total. The smallest absolute Gasteiger partial charge is 0.110 e. The van der Waals surface area contributed by atoms with Gasteiger partial charge in [-0.3, -0.25) is 0 Å². The average molecular weight is 176 g/mol. The zero-order chi connectivity index (χ0) is 9.84. The van der Waals surface area contributed by atoms with Gasteiger partial charge >= 0.3 is 0 Å². The molecular weight excluding hydrogens is 160 g/mol. The summed E-state index contributed by atoms with van der Waals surface area (Å²) in [6, 6.07) is 6.22. The van der Waals surface area contributed by atoms with Gasteiger partial charge in [0.1, 0.15) is 5.82 Å². The van der Waals surface area contributed by atoms with Crippen LogP contribution in [0.3, 0.4) is 0 Å². The minimum atomic E-state index is 1.05. The van der Waals surface area contributed by atoms with Gasteiger partial charge in [0.15, 0.2) is 0 Å². The lowest BCUT2D eigenvalue weighted by molar-refractivity contribution is 0.959. The summed E-state index contributed by atoms with van der Waals surface area (Å²) in [5.74, 6) is 1.05. The van der Waals surface area contributed by atoms with Crippen molar-refractivity contribution in [3.63, 3.8) is 0 Å². The highest BCUT2D eigenvalue weighted by Crippen LogP contribution is 2.09. The molecule has 2 heteroatoms. The summed E-state index contributed by atoms with van der Waals surface area (Å²) in [6.45, 7) is 8.10. The molecule has 0 spiro atoms. The van der Waals surface area contributed by atoms with Gasteiger partial charge in [-0.05, 0) is 32.0 Å². The van der Waals surface area contributed by atoms with Gasteiger partial charge in [-0.15, -0.1) is 0 Å². The van der Waals surface area contributed by atoms with Gasteiger partial charge in [0.05, 0.1) is 0 Å². The Morgan fingerprint density at radius 3 is 2.38 bits per heavy atom. The fourth-order valence-electron chi connectivity index (χ4n) is 1.41. The van der Waals surface area contributed by atoms with Crippen molar-refractivity contribution in [1.29, 1.82) is 0 Å². The van der Waals surface area contributed by atoms with E-state index in [0.29, 0.717) is 0 Å². The van der Waals surface area contributed by atoms with Gasteiger partial charge in [0, 0.05) is 17.4 Å². The maximum Gasteiger partial charge on any atom is 0.110 e. The van der Waals surface area contributed by atoms with Crippen molar-refractivity contribution < 1.29 is 0 Å². The monoisotopic (exact) mass is 176 g/mol. The minimum absolute atomic E-state index is 1.05. The van der Waals surface area contributed by atoms with Gasteiger partial charge in [0.25, 0.3) is 0 Å². The second kappa shape index (κ2) is 4.08. The molecule has 0 unspecified atom stereocenters. The van der Waals surface area contributed by atoms with Crippen LogP contribution in [-0.2, 0) is 0 Å². The quantitative estimate of drug-likeness (QED) is 0.603.